The fraction of sp³-hybridized carbons (Fsp3) is 0.556. The van der Waals surface area contributed by atoms with Crippen molar-refractivity contribution in [3.8, 4) is 0 Å². The molecule has 0 bridgehead atoms. The molecule has 0 aliphatic carbocycles. The summed E-state index contributed by atoms with van der Waals surface area (Å²) in [4.78, 5) is 21.7. The van der Waals surface area contributed by atoms with E-state index in [4.69, 9.17) is 0 Å². The van der Waals surface area contributed by atoms with Gasteiger partial charge in [-0.25, -0.2) is 9.59 Å². The largest absolute Gasteiger partial charge is 0.511 e. The van der Waals surface area contributed by atoms with Gasteiger partial charge in [0.15, 0.2) is 0 Å². The first-order chi connectivity index (χ1) is 6.47. The van der Waals surface area contributed by atoms with Crippen LogP contribution in [0.1, 0.15) is 20.8 Å². The molecule has 1 atom stereocenters. The molecule has 0 saturated heterocycles. The van der Waals surface area contributed by atoms with Crippen LogP contribution in [0.4, 0.5) is 4.79 Å². The van der Waals surface area contributed by atoms with E-state index in [1.165, 1.54) is 13.8 Å². The van der Waals surface area contributed by atoms with E-state index in [9.17, 15) is 9.59 Å². The number of esters is 1. The van der Waals surface area contributed by atoms with Gasteiger partial charge in [-0.05, 0) is 13.8 Å². The van der Waals surface area contributed by atoms with Crippen LogP contribution >= 0.6 is 0 Å². The van der Waals surface area contributed by atoms with Crippen molar-refractivity contribution >= 4 is 63.5 Å². The standard InChI is InChI=1S/C9H14O5.K/c1-5-12-9(11)14-7(4)13-8(10)6(2)3;/h7H,2,5H2,1,3-4H3;. The molecule has 0 fully saturated rings. The molecule has 0 saturated carbocycles. The van der Waals surface area contributed by atoms with Gasteiger partial charge in [0, 0.05) is 63.9 Å². The molecule has 0 aliphatic heterocycles. The Labute approximate surface area is 132 Å². The van der Waals surface area contributed by atoms with Crippen LogP contribution in [0.2, 0.25) is 0 Å². The van der Waals surface area contributed by atoms with Gasteiger partial charge in [-0.15, -0.1) is 0 Å². The molecular formula is C9H14KO5. The number of ether oxygens (including phenoxy) is 3. The van der Waals surface area contributed by atoms with E-state index in [1.54, 1.807) is 6.92 Å². The molecule has 0 aromatic rings. The predicted molar refractivity (Wildman–Crippen MR) is 54.2 cm³/mol. The van der Waals surface area contributed by atoms with Crippen LogP contribution in [0.15, 0.2) is 12.2 Å². The van der Waals surface area contributed by atoms with Gasteiger partial charge < -0.3 is 14.2 Å². The average molecular weight is 241 g/mol. The Bertz CT molecular complexity index is 239. The van der Waals surface area contributed by atoms with Crippen LogP contribution in [0.25, 0.3) is 0 Å². The van der Waals surface area contributed by atoms with Crippen LogP contribution in [0, 0.1) is 0 Å². The molecule has 0 spiro atoms. The quantitative estimate of drug-likeness (QED) is 0.321. The predicted octanol–water partition coefficient (Wildman–Crippen LogP) is 1.24. The van der Waals surface area contributed by atoms with Crippen LogP contribution < -0.4 is 0 Å². The Kier molecular flexibility index (Phi) is 10.9. The van der Waals surface area contributed by atoms with Crippen LogP contribution in [-0.2, 0) is 19.0 Å². The minimum Gasteiger partial charge on any atom is -0.435 e. The molecule has 0 rings (SSSR count). The summed E-state index contributed by atoms with van der Waals surface area (Å²) in [6.07, 6.45) is -1.84. The molecule has 1 radical (unpaired) electrons. The molecule has 0 N–H and O–H groups in total. The Balaban J connectivity index is 0. The molecule has 0 amide bonds. The third-order valence-corrected chi connectivity index (χ3v) is 1.15. The van der Waals surface area contributed by atoms with E-state index in [-0.39, 0.29) is 63.6 Å². The second-order valence-corrected chi connectivity index (χ2v) is 2.55. The fourth-order valence-electron chi connectivity index (χ4n) is 0.563. The topological polar surface area (TPSA) is 61.8 Å². The third-order valence-electron chi connectivity index (χ3n) is 1.15. The first kappa shape index (κ1) is 17.5. The molecule has 0 heterocycles. The van der Waals surface area contributed by atoms with Crippen molar-refractivity contribution in [2.24, 2.45) is 0 Å². The van der Waals surface area contributed by atoms with Gasteiger partial charge in [-0.3, -0.25) is 0 Å². The van der Waals surface area contributed by atoms with Gasteiger partial charge >= 0.3 is 12.1 Å². The van der Waals surface area contributed by atoms with E-state index in [1.807, 2.05) is 0 Å². The molecule has 6 heteroatoms. The second kappa shape index (κ2) is 9.35. The molecule has 15 heavy (non-hydrogen) atoms. The Morgan fingerprint density at radius 1 is 1.33 bits per heavy atom. The number of hydrogen-bond acceptors (Lipinski definition) is 5. The van der Waals surface area contributed by atoms with Crippen LogP contribution in [0.3, 0.4) is 0 Å². The molecular weight excluding hydrogens is 227 g/mol. The van der Waals surface area contributed by atoms with E-state index in [0.717, 1.165) is 0 Å². The summed E-state index contributed by atoms with van der Waals surface area (Å²) in [5.74, 6) is -0.609. The third kappa shape index (κ3) is 9.07. The number of hydrogen-bond donors (Lipinski definition) is 0. The van der Waals surface area contributed by atoms with E-state index in [0.29, 0.717) is 0 Å². The Hall–Kier alpha value is 0.116. The summed E-state index contributed by atoms with van der Waals surface area (Å²) >= 11 is 0. The second-order valence-electron chi connectivity index (χ2n) is 2.55. The maximum atomic E-state index is 10.9. The summed E-state index contributed by atoms with van der Waals surface area (Å²) in [5.41, 5.74) is 0.240. The summed E-state index contributed by atoms with van der Waals surface area (Å²) in [7, 11) is 0. The van der Waals surface area contributed by atoms with E-state index < -0.39 is 18.4 Å². The van der Waals surface area contributed by atoms with Crippen molar-refractivity contribution in [1.29, 1.82) is 0 Å². The minimum absolute atomic E-state index is 0. The van der Waals surface area contributed by atoms with E-state index >= 15 is 0 Å². The average Bonchev–Trinajstić information content (AvgIpc) is 2.03. The number of rotatable bonds is 4. The van der Waals surface area contributed by atoms with Crippen molar-refractivity contribution < 1.29 is 23.8 Å². The van der Waals surface area contributed by atoms with E-state index in [2.05, 4.69) is 20.8 Å². The maximum absolute atomic E-state index is 10.9. The smallest absolute Gasteiger partial charge is 0.435 e. The zero-order chi connectivity index (χ0) is 11.1. The SMILES string of the molecule is C=C(C)C(=O)OC(C)OC(=O)OCC.[K]. The first-order valence-electron chi connectivity index (χ1n) is 4.17. The normalized spacial score (nSPS) is 10.6. The summed E-state index contributed by atoms with van der Waals surface area (Å²) in [5, 5.41) is 0. The molecule has 0 aromatic heterocycles. The van der Waals surface area contributed by atoms with Gasteiger partial charge in [0.2, 0.25) is 6.29 Å². The zero-order valence-electron chi connectivity index (χ0n) is 9.53. The van der Waals surface area contributed by atoms with Crippen molar-refractivity contribution in [3.63, 3.8) is 0 Å². The van der Waals surface area contributed by atoms with Gasteiger partial charge in [0.05, 0.1) is 6.61 Å². The minimum atomic E-state index is -0.974. The van der Waals surface area contributed by atoms with Crippen molar-refractivity contribution in [2.75, 3.05) is 6.61 Å². The monoisotopic (exact) mass is 241 g/mol. The van der Waals surface area contributed by atoms with Gasteiger partial charge in [0.25, 0.3) is 0 Å². The summed E-state index contributed by atoms with van der Waals surface area (Å²) < 4.78 is 13.7. The van der Waals surface area contributed by atoms with Gasteiger partial charge in [-0.2, -0.15) is 0 Å². The van der Waals surface area contributed by atoms with Crippen molar-refractivity contribution in [1.82, 2.24) is 0 Å². The van der Waals surface area contributed by atoms with Crippen LogP contribution in [0.5, 0.6) is 0 Å². The molecule has 0 aliphatic rings. The van der Waals surface area contributed by atoms with Gasteiger partial charge in [-0.1, -0.05) is 6.58 Å². The van der Waals surface area contributed by atoms with Gasteiger partial charge in [0.1, 0.15) is 0 Å². The Morgan fingerprint density at radius 3 is 2.27 bits per heavy atom. The Morgan fingerprint density at radius 2 is 1.87 bits per heavy atom. The summed E-state index contributed by atoms with van der Waals surface area (Å²) in [6, 6.07) is 0. The fourth-order valence-corrected chi connectivity index (χ4v) is 0.563. The molecule has 1 unspecified atom stereocenters. The summed E-state index contributed by atoms with van der Waals surface area (Å²) in [6.45, 7) is 8.14. The number of carbonyl (C=O) groups excluding carboxylic acids is 2. The molecule has 81 valence electrons. The maximum Gasteiger partial charge on any atom is 0.511 e. The first-order valence-corrected chi connectivity index (χ1v) is 4.17. The van der Waals surface area contributed by atoms with Crippen molar-refractivity contribution in [2.45, 2.75) is 27.1 Å². The van der Waals surface area contributed by atoms with Crippen LogP contribution in [-0.4, -0.2) is 76.4 Å². The molecule has 5 nitrogen and oxygen atoms in total. The number of carbonyl (C=O) groups is 2. The zero-order valence-corrected chi connectivity index (χ0v) is 12.7. The molecule has 0 aromatic carbocycles. The van der Waals surface area contributed by atoms with Crippen molar-refractivity contribution in [3.05, 3.63) is 12.2 Å².